The lowest BCUT2D eigenvalue weighted by atomic mass is 9.69. The van der Waals surface area contributed by atoms with Crippen molar-refractivity contribution < 1.29 is 47.7 Å². The van der Waals surface area contributed by atoms with Gasteiger partial charge in [-0.3, -0.25) is 0 Å². The number of nitrogens with one attached hydrogen (secondary N) is 1. The van der Waals surface area contributed by atoms with Gasteiger partial charge in [0.05, 0.1) is 24.3 Å². The summed E-state index contributed by atoms with van der Waals surface area (Å²) in [5.41, 5.74) is 1.60. The van der Waals surface area contributed by atoms with Crippen molar-refractivity contribution in [2.24, 2.45) is 30.7 Å². The third kappa shape index (κ3) is 7.90. The number of carbonyl (C=O) groups excluding carboxylic acids is 3. The van der Waals surface area contributed by atoms with Crippen LogP contribution in [0.2, 0.25) is 0 Å². The van der Waals surface area contributed by atoms with E-state index in [9.17, 15) is 19.5 Å². The first-order valence-electron chi connectivity index (χ1n) is 18.4. The number of ether oxygens (including phenoxy) is 5. The summed E-state index contributed by atoms with van der Waals surface area (Å²) in [5, 5.41) is 10.7. The Balaban J connectivity index is 1.28. The van der Waals surface area contributed by atoms with Crippen LogP contribution >= 0.6 is 0 Å². The number of hydrogen-bond donors (Lipinski definition) is 2. The number of aromatic nitrogens is 3. The number of H-pyrrole nitrogens is 1. The minimum atomic E-state index is -0.925. The molecule has 0 saturated carbocycles. The van der Waals surface area contributed by atoms with Gasteiger partial charge in [-0.15, -0.1) is 0 Å². The molecule has 3 aromatic rings. The molecule has 2 bridgehead atoms. The molecule has 12 heteroatoms. The van der Waals surface area contributed by atoms with E-state index in [1.165, 1.54) is 7.11 Å². The van der Waals surface area contributed by atoms with Gasteiger partial charge in [0, 0.05) is 42.5 Å². The van der Waals surface area contributed by atoms with E-state index >= 15 is 0 Å². The second kappa shape index (κ2) is 15.8. The highest BCUT2D eigenvalue weighted by Gasteiger charge is 2.57. The molecule has 2 N–H and O–H groups in total. The predicted molar refractivity (Wildman–Crippen MR) is 193 cm³/mol. The Morgan fingerprint density at radius 2 is 1.87 bits per heavy atom. The second-order valence-corrected chi connectivity index (χ2v) is 15.0. The van der Waals surface area contributed by atoms with E-state index in [-0.39, 0.29) is 18.3 Å². The number of rotatable bonds is 11. The van der Waals surface area contributed by atoms with Crippen LogP contribution in [-0.4, -0.2) is 81.9 Å². The highest BCUT2D eigenvalue weighted by atomic mass is 16.6. The lowest BCUT2D eigenvalue weighted by molar-refractivity contribution is -0.687. The summed E-state index contributed by atoms with van der Waals surface area (Å²) in [7, 11) is 3.41. The number of fused-ring (bicyclic) bond motifs is 1. The topological polar surface area (TPSA) is 142 Å². The largest absolute Gasteiger partial charge is 0.456 e. The van der Waals surface area contributed by atoms with E-state index in [0.717, 1.165) is 11.1 Å². The molecule has 2 aliphatic heterocycles. The Morgan fingerprint density at radius 1 is 1.09 bits per heavy atom. The summed E-state index contributed by atoms with van der Waals surface area (Å²) in [5.74, 6) is -2.83. The van der Waals surface area contributed by atoms with E-state index in [4.69, 9.17) is 23.7 Å². The number of aliphatic hydroxyl groups excluding tert-OH is 1. The number of cyclic esters (lactones) is 1. The Kier molecular flexibility index (Phi) is 11.4. The summed E-state index contributed by atoms with van der Waals surface area (Å²) in [6.07, 6.45) is 9.80. The van der Waals surface area contributed by atoms with Gasteiger partial charge < -0.3 is 33.8 Å². The van der Waals surface area contributed by atoms with Crippen LogP contribution in [-0.2, 0) is 42.1 Å². The fourth-order valence-corrected chi connectivity index (χ4v) is 8.15. The summed E-state index contributed by atoms with van der Waals surface area (Å²) < 4.78 is 35.1. The van der Waals surface area contributed by atoms with Gasteiger partial charge in [0.25, 0.3) is 0 Å². The minimum absolute atomic E-state index is 0.131. The molecule has 1 fully saturated rings. The summed E-state index contributed by atoms with van der Waals surface area (Å²) in [6.45, 7) is 9.69. The Labute approximate surface area is 310 Å². The number of aliphatic hydroxyl groups is 1. The fraction of sp³-hybridized carbons (Fsp3) is 0.512. The average Bonchev–Trinajstić information content (AvgIpc) is 3.89. The summed E-state index contributed by atoms with van der Waals surface area (Å²) in [6, 6.07) is 10.7. The number of hydrogen-bond acceptors (Lipinski definition) is 9. The molecule has 1 saturated heterocycles. The van der Waals surface area contributed by atoms with Crippen LogP contribution < -0.4 is 4.57 Å². The fourth-order valence-electron chi connectivity index (χ4n) is 8.15. The zero-order valence-electron chi connectivity index (χ0n) is 31.5. The van der Waals surface area contributed by atoms with Crippen molar-refractivity contribution >= 4 is 17.9 Å². The maximum Gasteiger partial charge on any atom is 0.355 e. The van der Waals surface area contributed by atoms with Crippen molar-refractivity contribution in [1.82, 2.24) is 9.55 Å². The normalized spacial score (nSPS) is 30.2. The van der Waals surface area contributed by atoms with E-state index in [1.807, 2.05) is 73.9 Å². The zero-order valence-corrected chi connectivity index (χ0v) is 31.5. The first-order chi connectivity index (χ1) is 25.3. The number of benzene rings is 1. The molecule has 0 amide bonds. The maximum atomic E-state index is 13.8. The van der Waals surface area contributed by atoms with Gasteiger partial charge in [-0.25, -0.2) is 23.5 Å². The first kappa shape index (κ1) is 38.2. The van der Waals surface area contributed by atoms with Crippen LogP contribution in [0.25, 0.3) is 0 Å². The number of nitrogens with zero attached hydrogens (tertiary/aromatic N) is 2. The average molecular weight is 731 g/mol. The predicted octanol–water partition coefficient (Wildman–Crippen LogP) is 4.72. The molecule has 0 radical (unpaired) electrons. The van der Waals surface area contributed by atoms with Crippen molar-refractivity contribution in [3.05, 3.63) is 102 Å². The molecular weight excluding hydrogens is 678 g/mol. The number of esters is 3. The highest BCUT2D eigenvalue weighted by molar-refractivity contribution is 5.91. The third-order valence-electron chi connectivity index (χ3n) is 11.3. The standard InChI is InChI=1S/C41H51N3O9/c1-24-19-25(2)41-21-29(37(53-41)36(26(3)27(4)45)52-39(47)33-13-10-16-42-33)14-15-31(41)20-34(49-7)40(48)51-35(24)28(5)50-38(46)32-12-9-8-11-30(32)22-44-18-17-43(6)23-44/h8-19,23-24,26-29,31,34-37,45H,20-22H2,1-7H3/p+1/b25-19+/t24-,26-,27+,28-,29-,31?,34+,35+,36-,37-,41+/m1/s1. The molecular formula is C41H52N3O9+. The number of methoxy groups -OCH3 is 1. The molecule has 53 heavy (non-hydrogen) atoms. The van der Waals surface area contributed by atoms with E-state index in [2.05, 4.69) is 17.1 Å². The number of imidazole rings is 1. The SMILES string of the molecule is CO[C@H]1CC2C=C[C@@H]3C[C@]2(O[C@H]3[C@H](OC(=O)c2ccc[nH]2)[C@H](C)[C@H](C)O)/C(C)=C/[C@@H](C)[C@@H]([C@@H](C)OC(=O)c2ccccc2C[n+]2ccn(C)c2)OC1=O. The van der Waals surface area contributed by atoms with Crippen LogP contribution in [0.3, 0.4) is 0 Å². The van der Waals surface area contributed by atoms with Gasteiger partial charge in [-0.2, -0.15) is 0 Å². The summed E-state index contributed by atoms with van der Waals surface area (Å²) >= 11 is 0. The van der Waals surface area contributed by atoms with Crippen molar-refractivity contribution in [3.63, 3.8) is 0 Å². The molecule has 1 spiro atoms. The number of aryl methyl sites for hydroxylation is 1. The third-order valence-corrected chi connectivity index (χ3v) is 11.3. The van der Waals surface area contributed by atoms with Crippen LogP contribution in [0.1, 0.15) is 73.9 Å². The molecule has 1 aromatic carbocycles. The number of aromatic amines is 1. The monoisotopic (exact) mass is 730 g/mol. The summed E-state index contributed by atoms with van der Waals surface area (Å²) in [4.78, 5) is 43.6. The smallest absolute Gasteiger partial charge is 0.355 e. The molecule has 1 unspecified atom stereocenters. The van der Waals surface area contributed by atoms with E-state index in [1.54, 1.807) is 44.3 Å². The molecule has 2 aromatic heterocycles. The zero-order chi connectivity index (χ0) is 38.0. The lowest BCUT2D eigenvalue weighted by Gasteiger charge is -2.42. The van der Waals surface area contributed by atoms with Crippen molar-refractivity contribution in [2.45, 2.75) is 96.2 Å². The van der Waals surface area contributed by atoms with Gasteiger partial charge in [0.1, 0.15) is 49.0 Å². The quantitative estimate of drug-likeness (QED) is 0.124. The Hall–Kier alpha value is -4.52. The highest BCUT2D eigenvalue weighted by Crippen LogP contribution is 2.53. The molecule has 1 aliphatic carbocycles. The van der Waals surface area contributed by atoms with Crippen LogP contribution in [0.15, 0.2) is 85.1 Å². The van der Waals surface area contributed by atoms with Crippen molar-refractivity contribution in [2.75, 3.05) is 7.11 Å². The first-order valence-corrected chi connectivity index (χ1v) is 18.4. The molecule has 11 atom stereocenters. The number of carbonyl (C=O) groups is 3. The van der Waals surface area contributed by atoms with Crippen molar-refractivity contribution in [3.8, 4) is 0 Å². The van der Waals surface area contributed by atoms with E-state index < -0.39 is 72.0 Å². The van der Waals surface area contributed by atoms with E-state index in [0.29, 0.717) is 24.2 Å². The van der Waals surface area contributed by atoms with Gasteiger partial charge in [0.15, 0.2) is 6.10 Å². The second-order valence-electron chi connectivity index (χ2n) is 15.0. The molecule has 284 valence electrons. The molecule has 12 nitrogen and oxygen atoms in total. The minimum Gasteiger partial charge on any atom is -0.456 e. The molecule has 3 aliphatic rings. The van der Waals surface area contributed by atoms with Gasteiger partial charge in [0.2, 0.25) is 6.33 Å². The van der Waals surface area contributed by atoms with Crippen LogP contribution in [0, 0.1) is 23.7 Å². The maximum absolute atomic E-state index is 13.8. The van der Waals surface area contributed by atoms with Gasteiger partial charge in [-0.05, 0) is 57.4 Å². The van der Waals surface area contributed by atoms with Crippen molar-refractivity contribution in [1.29, 1.82) is 0 Å². The van der Waals surface area contributed by atoms with Gasteiger partial charge in [-0.1, -0.05) is 50.3 Å². The Morgan fingerprint density at radius 3 is 2.55 bits per heavy atom. The Bertz CT molecular complexity index is 1830. The van der Waals surface area contributed by atoms with Crippen LogP contribution in [0.4, 0.5) is 0 Å². The molecule has 6 rings (SSSR count). The van der Waals surface area contributed by atoms with Gasteiger partial charge >= 0.3 is 17.9 Å². The molecule has 4 heterocycles. The van der Waals surface area contributed by atoms with Crippen LogP contribution in [0.5, 0.6) is 0 Å². The lowest BCUT2D eigenvalue weighted by Crippen LogP contribution is -2.48.